The average molecular weight is 331 g/mol. The number of halogens is 2. The number of carbonyl (C=O) groups is 1. The highest BCUT2D eigenvalue weighted by molar-refractivity contribution is 9.10. The summed E-state index contributed by atoms with van der Waals surface area (Å²) in [4.78, 5) is 11.8. The molecule has 2 amide bonds. The molecule has 2 rings (SSSR count). The molecule has 0 aliphatic heterocycles. The van der Waals surface area contributed by atoms with E-state index in [1.54, 1.807) is 6.07 Å². The second-order valence-electron chi connectivity index (χ2n) is 4.70. The zero-order valence-corrected chi connectivity index (χ0v) is 11.9. The molecule has 2 atom stereocenters. The summed E-state index contributed by atoms with van der Waals surface area (Å²) in [7, 11) is 0. The zero-order valence-electron chi connectivity index (χ0n) is 10.3. The van der Waals surface area contributed by atoms with Crippen molar-refractivity contribution in [2.24, 2.45) is 5.92 Å². The van der Waals surface area contributed by atoms with Crippen LogP contribution in [0.25, 0.3) is 0 Å². The van der Waals surface area contributed by atoms with Gasteiger partial charge in [-0.25, -0.2) is 9.18 Å². The molecule has 1 aliphatic carbocycles. The number of nitrogens with one attached hydrogen (secondary N) is 2. The number of aliphatic hydroxyl groups excluding tert-OH is 1. The van der Waals surface area contributed by atoms with E-state index in [4.69, 9.17) is 0 Å². The van der Waals surface area contributed by atoms with Crippen molar-refractivity contribution < 1.29 is 14.3 Å². The Hall–Kier alpha value is -1.14. The Kier molecular flexibility index (Phi) is 4.76. The van der Waals surface area contributed by atoms with Crippen molar-refractivity contribution in [3.05, 3.63) is 28.5 Å². The number of benzene rings is 1. The van der Waals surface area contributed by atoms with Crippen LogP contribution in [-0.2, 0) is 0 Å². The number of urea groups is 1. The number of aliphatic hydroxyl groups is 1. The molecule has 1 aliphatic rings. The van der Waals surface area contributed by atoms with E-state index in [0.717, 1.165) is 19.3 Å². The van der Waals surface area contributed by atoms with Crippen molar-refractivity contribution in [3.63, 3.8) is 0 Å². The second kappa shape index (κ2) is 6.34. The van der Waals surface area contributed by atoms with Gasteiger partial charge in [-0.1, -0.05) is 22.4 Å². The van der Waals surface area contributed by atoms with E-state index in [0.29, 0.717) is 4.47 Å². The van der Waals surface area contributed by atoms with E-state index in [1.807, 2.05) is 0 Å². The smallest absolute Gasteiger partial charge is 0.319 e. The molecule has 0 unspecified atom stereocenters. The van der Waals surface area contributed by atoms with Crippen LogP contribution in [0.5, 0.6) is 0 Å². The lowest BCUT2D eigenvalue weighted by atomic mass is 10.1. The maximum atomic E-state index is 13.5. The number of hydrogen-bond acceptors (Lipinski definition) is 2. The number of carbonyl (C=O) groups excluding carboxylic acids is 1. The molecule has 0 saturated heterocycles. The number of amides is 2. The van der Waals surface area contributed by atoms with E-state index in [9.17, 15) is 14.3 Å². The van der Waals surface area contributed by atoms with Gasteiger partial charge in [0.25, 0.3) is 0 Å². The molecular weight excluding hydrogens is 315 g/mol. The van der Waals surface area contributed by atoms with Gasteiger partial charge in [-0.2, -0.15) is 0 Å². The molecule has 0 radical (unpaired) electrons. The van der Waals surface area contributed by atoms with Gasteiger partial charge in [-0.3, -0.25) is 0 Å². The van der Waals surface area contributed by atoms with Gasteiger partial charge in [-0.05, 0) is 31.0 Å². The minimum Gasteiger partial charge on any atom is -0.396 e. The molecule has 1 aromatic rings. The van der Waals surface area contributed by atoms with Crippen molar-refractivity contribution in [2.45, 2.75) is 25.3 Å². The Morgan fingerprint density at radius 1 is 1.47 bits per heavy atom. The lowest BCUT2D eigenvalue weighted by Gasteiger charge is -2.19. The largest absolute Gasteiger partial charge is 0.396 e. The molecule has 1 saturated carbocycles. The van der Waals surface area contributed by atoms with Crippen LogP contribution in [0.15, 0.2) is 22.7 Å². The fourth-order valence-electron chi connectivity index (χ4n) is 2.37. The van der Waals surface area contributed by atoms with E-state index >= 15 is 0 Å². The standard InChI is InChI=1S/C13H16BrFN2O2/c14-9-4-5-10(15)12(6-9)17-13(19)16-11-3-1-2-8(11)7-18/h4-6,8,11,18H,1-3,7H2,(H2,16,17,19)/t8-,11-/m0/s1. The maximum absolute atomic E-state index is 13.5. The first kappa shape index (κ1) is 14.3. The summed E-state index contributed by atoms with van der Waals surface area (Å²) >= 11 is 3.22. The van der Waals surface area contributed by atoms with Crippen LogP contribution < -0.4 is 10.6 Å². The predicted molar refractivity (Wildman–Crippen MR) is 74.5 cm³/mol. The Morgan fingerprint density at radius 3 is 3.00 bits per heavy atom. The summed E-state index contributed by atoms with van der Waals surface area (Å²) < 4.78 is 14.2. The molecule has 4 nitrogen and oxygen atoms in total. The van der Waals surface area contributed by atoms with Gasteiger partial charge in [-0.15, -0.1) is 0 Å². The van der Waals surface area contributed by atoms with Gasteiger partial charge in [0.1, 0.15) is 5.82 Å². The number of rotatable bonds is 3. The van der Waals surface area contributed by atoms with E-state index < -0.39 is 11.8 Å². The normalized spacial score (nSPS) is 22.3. The molecule has 0 aromatic heterocycles. The highest BCUT2D eigenvalue weighted by Crippen LogP contribution is 2.25. The fraction of sp³-hybridized carbons (Fsp3) is 0.462. The van der Waals surface area contributed by atoms with Crippen molar-refractivity contribution in [2.75, 3.05) is 11.9 Å². The van der Waals surface area contributed by atoms with Crippen molar-refractivity contribution >= 4 is 27.6 Å². The minimum atomic E-state index is -0.483. The van der Waals surface area contributed by atoms with Crippen LogP contribution >= 0.6 is 15.9 Å². The summed E-state index contributed by atoms with van der Waals surface area (Å²) in [5, 5.41) is 14.5. The van der Waals surface area contributed by atoms with Crippen LogP contribution in [0.2, 0.25) is 0 Å². The number of hydrogen-bond donors (Lipinski definition) is 3. The lowest BCUT2D eigenvalue weighted by Crippen LogP contribution is -2.41. The summed E-state index contributed by atoms with van der Waals surface area (Å²) in [6.45, 7) is 0.0657. The lowest BCUT2D eigenvalue weighted by molar-refractivity contribution is 0.203. The average Bonchev–Trinajstić information content (AvgIpc) is 2.81. The van der Waals surface area contributed by atoms with Crippen molar-refractivity contribution in [1.29, 1.82) is 0 Å². The minimum absolute atomic E-state index is 0.0415. The first-order valence-electron chi connectivity index (χ1n) is 6.23. The van der Waals surface area contributed by atoms with Gasteiger partial charge in [0.2, 0.25) is 0 Å². The van der Waals surface area contributed by atoms with Gasteiger partial charge >= 0.3 is 6.03 Å². The monoisotopic (exact) mass is 330 g/mol. The van der Waals surface area contributed by atoms with Crippen LogP contribution in [0.1, 0.15) is 19.3 Å². The van der Waals surface area contributed by atoms with E-state index in [1.165, 1.54) is 12.1 Å². The molecule has 0 bridgehead atoms. The third-order valence-electron chi connectivity index (χ3n) is 3.39. The van der Waals surface area contributed by atoms with Crippen LogP contribution in [0, 0.1) is 11.7 Å². The highest BCUT2D eigenvalue weighted by atomic mass is 79.9. The molecule has 1 aromatic carbocycles. The molecule has 3 N–H and O–H groups in total. The first-order valence-corrected chi connectivity index (χ1v) is 7.03. The van der Waals surface area contributed by atoms with Gasteiger partial charge in [0.05, 0.1) is 5.69 Å². The second-order valence-corrected chi connectivity index (χ2v) is 5.62. The third kappa shape index (κ3) is 3.67. The van der Waals surface area contributed by atoms with Crippen LogP contribution in [0.4, 0.5) is 14.9 Å². The van der Waals surface area contributed by atoms with Crippen molar-refractivity contribution in [3.8, 4) is 0 Å². The van der Waals surface area contributed by atoms with E-state index in [2.05, 4.69) is 26.6 Å². The highest BCUT2D eigenvalue weighted by Gasteiger charge is 2.27. The maximum Gasteiger partial charge on any atom is 0.319 e. The first-order chi connectivity index (χ1) is 9.10. The Balaban J connectivity index is 1.95. The SMILES string of the molecule is O=C(Nc1cc(Br)ccc1F)N[C@H]1CCC[C@H]1CO. The molecule has 1 fully saturated rings. The Morgan fingerprint density at radius 2 is 2.26 bits per heavy atom. The van der Waals surface area contributed by atoms with Gasteiger partial charge < -0.3 is 15.7 Å². The van der Waals surface area contributed by atoms with Crippen molar-refractivity contribution in [1.82, 2.24) is 5.32 Å². The van der Waals surface area contributed by atoms with Gasteiger partial charge in [0.15, 0.2) is 0 Å². The number of anilines is 1. The van der Waals surface area contributed by atoms with E-state index in [-0.39, 0.29) is 24.3 Å². The molecule has 6 heteroatoms. The third-order valence-corrected chi connectivity index (χ3v) is 3.88. The Bertz CT molecular complexity index is 470. The van der Waals surface area contributed by atoms with Gasteiger partial charge in [0, 0.05) is 23.0 Å². The summed E-state index contributed by atoms with van der Waals surface area (Å²) in [6.07, 6.45) is 2.74. The molecule has 19 heavy (non-hydrogen) atoms. The fourth-order valence-corrected chi connectivity index (χ4v) is 2.73. The van der Waals surface area contributed by atoms with Crippen LogP contribution in [0.3, 0.4) is 0 Å². The topological polar surface area (TPSA) is 61.4 Å². The Labute approximate surface area is 119 Å². The van der Waals surface area contributed by atoms with Crippen LogP contribution in [-0.4, -0.2) is 23.8 Å². The molecule has 0 spiro atoms. The summed E-state index contributed by atoms with van der Waals surface area (Å²) in [5.41, 5.74) is 0.130. The molecular formula is C13H16BrFN2O2. The predicted octanol–water partition coefficient (Wildman–Crippen LogP) is 2.87. The quantitative estimate of drug-likeness (QED) is 0.798. The molecule has 104 valence electrons. The molecule has 0 heterocycles. The summed E-state index contributed by atoms with van der Waals surface area (Å²) in [5.74, 6) is -0.387. The zero-order chi connectivity index (χ0) is 13.8. The summed E-state index contributed by atoms with van der Waals surface area (Å²) in [6, 6.07) is 3.87.